The van der Waals surface area contributed by atoms with Crippen LogP contribution in [0.25, 0.3) is 0 Å². The number of nitrogens with one attached hydrogen (secondary N) is 1. The van der Waals surface area contributed by atoms with Crippen LogP contribution in [-0.4, -0.2) is 22.4 Å². The van der Waals surface area contributed by atoms with Crippen molar-refractivity contribution in [3.05, 3.63) is 16.5 Å². The monoisotopic (exact) mass is 300 g/mol. The first-order chi connectivity index (χ1) is 8.11. The number of primary amides is 1. The number of unbranched alkanes of at least 4 members (excludes halogenated alkanes) is 1. The Morgan fingerprint density at radius 2 is 2.24 bits per heavy atom. The van der Waals surface area contributed by atoms with E-state index in [9.17, 15) is 4.79 Å². The van der Waals surface area contributed by atoms with E-state index in [0.717, 1.165) is 42.1 Å². The number of hydrogen-bond acceptors (Lipinski definition) is 4. The fourth-order valence-corrected chi connectivity index (χ4v) is 1.78. The first kappa shape index (κ1) is 13.9. The van der Waals surface area contributed by atoms with Crippen molar-refractivity contribution in [1.29, 1.82) is 0 Å². The highest BCUT2D eigenvalue weighted by atomic mass is 79.9. The number of anilines is 1. The van der Waals surface area contributed by atoms with E-state index in [-0.39, 0.29) is 5.91 Å². The maximum atomic E-state index is 10.5. The molecule has 0 aromatic carbocycles. The van der Waals surface area contributed by atoms with Gasteiger partial charge in [-0.2, -0.15) is 0 Å². The van der Waals surface area contributed by atoms with Crippen LogP contribution in [0.1, 0.15) is 32.0 Å². The zero-order chi connectivity index (χ0) is 12.7. The van der Waals surface area contributed by atoms with E-state index in [4.69, 9.17) is 5.73 Å². The molecule has 1 heterocycles. The highest BCUT2D eigenvalue weighted by Gasteiger charge is 2.01. The molecule has 0 aliphatic heterocycles. The van der Waals surface area contributed by atoms with Gasteiger partial charge in [-0.15, -0.1) is 0 Å². The largest absolute Gasteiger partial charge is 0.370 e. The Bertz CT molecular complexity index is 384. The van der Waals surface area contributed by atoms with Crippen LogP contribution in [0.2, 0.25) is 0 Å². The summed E-state index contributed by atoms with van der Waals surface area (Å²) >= 11 is 3.34. The lowest BCUT2D eigenvalue weighted by atomic mass is 10.2. The van der Waals surface area contributed by atoms with E-state index in [1.807, 2.05) is 13.0 Å². The molecule has 1 rings (SSSR count). The number of nitrogens with zero attached hydrogens (tertiary/aromatic N) is 2. The lowest BCUT2D eigenvalue weighted by molar-refractivity contribution is -0.118. The van der Waals surface area contributed by atoms with Crippen molar-refractivity contribution in [2.24, 2.45) is 5.73 Å². The van der Waals surface area contributed by atoms with E-state index in [0.29, 0.717) is 6.42 Å². The van der Waals surface area contributed by atoms with Crippen LogP contribution in [-0.2, 0) is 11.2 Å². The third kappa shape index (κ3) is 5.63. The number of hydrogen-bond donors (Lipinski definition) is 2. The van der Waals surface area contributed by atoms with E-state index >= 15 is 0 Å². The quantitative estimate of drug-likeness (QED) is 0.595. The molecule has 1 aromatic rings. The number of amides is 1. The molecule has 17 heavy (non-hydrogen) atoms. The Labute approximate surface area is 109 Å². The van der Waals surface area contributed by atoms with Crippen molar-refractivity contribution < 1.29 is 4.79 Å². The summed E-state index contributed by atoms with van der Waals surface area (Å²) in [6, 6.07) is 1.84. The van der Waals surface area contributed by atoms with Gasteiger partial charge in [-0.25, -0.2) is 9.97 Å². The van der Waals surface area contributed by atoms with Gasteiger partial charge in [0.25, 0.3) is 0 Å². The molecular formula is C11H17BrN4O. The number of halogens is 1. The Hall–Kier alpha value is -1.17. The van der Waals surface area contributed by atoms with Crippen molar-refractivity contribution in [2.75, 3.05) is 11.9 Å². The molecule has 0 atom stereocenters. The van der Waals surface area contributed by atoms with Gasteiger partial charge in [0.05, 0.1) is 0 Å². The summed E-state index contributed by atoms with van der Waals surface area (Å²) in [7, 11) is 0. The van der Waals surface area contributed by atoms with Crippen molar-refractivity contribution in [1.82, 2.24) is 9.97 Å². The molecule has 0 saturated heterocycles. The van der Waals surface area contributed by atoms with Gasteiger partial charge in [0.2, 0.25) is 5.91 Å². The molecule has 0 aliphatic rings. The van der Waals surface area contributed by atoms with Gasteiger partial charge >= 0.3 is 0 Å². The number of nitrogens with two attached hydrogens (primary N) is 1. The topological polar surface area (TPSA) is 80.9 Å². The molecule has 5 nitrogen and oxygen atoms in total. The normalized spacial score (nSPS) is 10.2. The van der Waals surface area contributed by atoms with Gasteiger partial charge in [0.1, 0.15) is 16.2 Å². The summed E-state index contributed by atoms with van der Waals surface area (Å²) in [5.74, 6) is 1.37. The van der Waals surface area contributed by atoms with E-state index < -0.39 is 0 Å². The van der Waals surface area contributed by atoms with Gasteiger partial charge in [0, 0.05) is 25.5 Å². The molecule has 3 N–H and O–H groups in total. The number of rotatable bonds is 7. The van der Waals surface area contributed by atoms with Gasteiger partial charge in [-0.1, -0.05) is 6.92 Å². The van der Waals surface area contributed by atoms with E-state index in [1.54, 1.807) is 0 Å². The van der Waals surface area contributed by atoms with Crippen molar-refractivity contribution in [3.63, 3.8) is 0 Å². The van der Waals surface area contributed by atoms with Crippen molar-refractivity contribution in [2.45, 2.75) is 32.6 Å². The van der Waals surface area contributed by atoms with Crippen LogP contribution in [0.15, 0.2) is 10.7 Å². The maximum Gasteiger partial charge on any atom is 0.217 e. The lowest BCUT2D eigenvalue weighted by Gasteiger charge is -2.06. The predicted octanol–water partition coefficient (Wildman–Crippen LogP) is 1.87. The molecule has 94 valence electrons. The van der Waals surface area contributed by atoms with E-state index in [1.165, 1.54) is 0 Å². The molecule has 0 radical (unpaired) electrons. The zero-order valence-corrected chi connectivity index (χ0v) is 11.5. The SMILES string of the molecule is CCc1nc(Br)cc(NCCCCC(N)=O)n1. The lowest BCUT2D eigenvalue weighted by Crippen LogP contribution is -2.11. The van der Waals surface area contributed by atoms with Gasteiger partial charge in [-0.05, 0) is 28.8 Å². The molecule has 0 saturated carbocycles. The van der Waals surface area contributed by atoms with Gasteiger partial charge in [-0.3, -0.25) is 4.79 Å². The Morgan fingerprint density at radius 1 is 1.47 bits per heavy atom. The molecule has 0 bridgehead atoms. The van der Waals surface area contributed by atoms with Crippen LogP contribution in [0.4, 0.5) is 5.82 Å². The molecule has 0 unspecified atom stereocenters. The van der Waals surface area contributed by atoms with Crippen LogP contribution in [0.3, 0.4) is 0 Å². The predicted molar refractivity (Wildman–Crippen MR) is 70.6 cm³/mol. The number of aromatic nitrogens is 2. The first-order valence-corrected chi connectivity index (χ1v) is 6.46. The minimum atomic E-state index is -0.247. The minimum Gasteiger partial charge on any atom is -0.370 e. The van der Waals surface area contributed by atoms with Gasteiger partial charge in [0.15, 0.2) is 0 Å². The molecule has 1 amide bonds. The zero-order valence-electron chi connectivity index (χ0n) is 9.87. The molecule has 0 fully saturated rings. The fraction of sp³-hybridized carbons (Fsp3) is 0.545. The summed E-state index contributed by atoms with van der Waals surface area (Å²) in [6.07, 6.45) is 2.94. The third-order valence-electron chi connectivity index (χ3n) is 2.21. The average Bonchev–Trinajstić information content (AvgIpc) is 2.27. The number of carbonyl (C=O) groups excluding carboxylic acids is 1. The fourth-order valence-electron chi connectivity index (χ4n) is 1.35. The van der Waals surface area contributed by atoms with Crippen LogP contribution < -0.4 is 11.1 Å². The number of carbonyl (C=O) groups is 1. The smallest absolute Gasteiger partial charge is 0.217 e. The second kappa shape index (κ2) is 7.21. The second-order valence-electron chi connectivity index (χ2n) is 3.70. The summed E-state index contributed by atoms with van der Waals surface area (Å²) in [6.45, 7) is 2.79. The van der Waals surface area contributed by atoms with Crippen LogP contribution in [0.5, 0.6) is 0 Å². The number of aryl methyl sites for hydroxylation is 1. The first-order valence-electron chi connectivity index (χ1n) is 5.67. The molecular weight excluding hydrogens is 284 g/mol. The summed E-state index contributed by atoms with van der Waals surface area (Å²) in [5, 5.41) is 3.20. The standard InChI is InChI=1S/C11H17BrN4O/c1-2-10-15-8(12)7-11(16-10)14-6-4-3-5-9(13)17/h7H,2-6H2,1H3,(H2,13,17)(H,14,15,16). The van der Waals surface area contributed by atoms with E-state index in [2.05, 4.69) is 31.2 Å². The summed E-state index contributed by atoms with van der Waals surface area (Å²) in [5.41, 5.74) is 5.06. The Kier molecular flexibility index (Phi) is 5.90. The Morgan fingerprint density at radius 3 is 2.88 bits per heavy atom. The molecule has 0 aliphatic carbocycles. The molecule has 0 spiro atoms. The summed E-state index contributed by atoms with van der Waals surface area (Å²) < 4.78 is 0.781. The maximum absolute atomic E-state index is 10.5. The highest BCUT2D eigenvalue weighted by molar-refractivity contribution is 9.10. The highest BCUT2D eigenvalue weighted by Crippen LogP contribution is 2.12. The average molecular weight is 301 g/mol. The molecule has 6 heteroatoms. The summed E-state index contributed by atoms with van der Waals surface area (Å²) in [4.78, 5) is 19.1. The third-order valence-corrected chi connectivity index (χ3v) is 2.62. The minimum absolute atomic E-state index is 0.247. The van der Waals surface area contributed by atoms with Crippen LogP contribution >= 0.6 is 15.9 Å². The van der Waals surface area contributed by atoms with Crippen molar-refractivity contribution >= 4 is 27.7 Å². The van der Waals surface area contributed by atoms with Crippen LogP contribution in [0, 0.1) is 0 Å². The molecule has 1 aromatic heterocycles. The second-order valence-corrected chi connectivity index (χ2v) is 4.51. The van der Waals surface area contributed by atoms with Gasteiger partial charge < -0.3 is 11.1 Å². The Balaban J connectivity index is 2.36. The van der Waals surface area contributed by atoms with Crippen molar-refractivity contribution in [3.8, 4) is 0 Å².